The van der Waals surface area contributed by atoms with Crippen molar-refractivity contribution < 1.29 is 19.1 Å². The molecule has 2 aromatic carbocycles. The van der Waals surface area contributed by atoms with Crippen LogP contribution in [0.3, 0.4) is 0 Å². The van der Waals surface area contributed by atoms with E-state index >= 15 is 0 Å². The lowest BCUT2D eigenvalue weighted by Crippen LogP contribution is -2.54. The summed E-state index contributed by atoms with van der Waals surface area (Å²) in [4.78, 5) is 43.7. The summed E-state index contributed by atoms with van der Waals surface area (Å²) >= 11 is 0. The number of nitrogens with one attached hydrogen (secondary N) is 2. The quantitative estimate of drug-likeness (QED) is 0.239. The van der Waals surface area contributed by atoms with E-state index in [1.807, 2.05) is 56.3 Å². The molecular weight excluding hydrogens is 538 g/mol. The maximum absolute atomic E-state index is 14.7. The molecule has 7 nitrogen and oxygen atoms in total. The molecule has 2 atom stereocenters. The molecule has 0 saturated heterocycles. The van der Waals surface area contributed by atoms with Crippen molar-refractivity contribution in [2.24, 2.45) is 0 Å². The summed E-state index contributed by atoms with van der Waals surface area (Å²) in [6, 6.07) is 14.1. The van der Waals surface area contributed by atoms with E-state index in [2.05, 4.69) is 23.6 Å². The molecule has 43 heavy (non-hydrogen) atoms. The van der Waals surface area contributed by atoms with Crippen molar-refractivity contribution >= 4 is 17.9 Å². The summed E-state index contributed by atoms with van der Waals surface area (Å²) in [7, 11) is 0. The maximum Gasteiger partial charge on any atom is 0.408 e. The minimum absolute atomic E-state index is 0.103. The molecular formula is C36H53N3O4. The number of carbonyl (C=O) groups is 3. The smallest absolute Gasteiger partial charge is 0.408 e. The van der Waals surface area contributed by atoms with Crippen molar-refractivity contribution in [1.82, 2.24) is 15.5 Å². The van der Waals surface area contributed by atoms with Gasteiger partial charge in [0.2, 0.25) is 11.8 Å². The molecule has 1 aliphatic rings. The standard InChI is InChI=1S/C36H53N3O4/c1-7-8-9-16-23-39(34(41)31(25-28-17-12-10-13-18-28)38-35(42)43-36(4,5)6)32(30-22-21-26(2)24-27(30)3)33(40)37-29-19-14-11-15-20-29/h10,12-13,17-18,21-22,24,29,31-32H,7-9,11,14-16,19-20,23,25H2,1-6H3,(H,37,40)(H,38,42). The first-order chi connectivity index (χ1) is 20.5. The molecule has 2 unspecified atom stereocenters. The number of carbonyl (C=O) groups excluding carboxylic acids is 3. The van der Waals surface area contributed by atoms with Crippen molar-refractivity contribution in [3.05, 3.63) is 70.8 Å². The van der Waals surface area contributed by atoms with Crippen LogP contribution in [0.2, 0.25) is 0 Å². The molecule has 2 N–H and O–H groups in total. The molecule has 0 bridgehead atoms. The highest BCUT2D eigenvalue weighted by molar-refractivity contribution is 5.92. The second-order valence-corrected chi connectivity index (χ2v) is 13.1. The van der Waals surface area contributed by atoms with Crippen LogP contribution in [0.4, 0.5) is 4.79 Å². The SMILES string of the molecule is CCCCCCN(C(=O)C(Cc1ccccc1)NC(=O)OC(C)(C)C)C(C(=O)NC1CCCCC1)c1ccc(C)cc1C. The number of alkyl carbamates (subject to hydrolysis) is 1. The number of unbranched alkanes of at least 4 members (excludes halogenated alkanes) is 3. The van der Waals surface area contributed by atoms with E-state index in [-0.39, 0.29) is 24.3 Å². The van der Waals surface area contributed by atoms with Crippen LogP contribution < -0.4 is 10.6 Å². The van der Waals surface area contributed by atoms with Crippen molar-refractivity contribution in [2.75, 3.05) is 6.54 Å². The largest absolute Gasteiger partial charge is 0.444 e. The molecule has 236 valence electrons. The molecule has 0 heterocycles. The summed E-state index contributed by atoms with van der Waals surface area (Å²) in [6.07, 6.45) is 8.74. The fraction of sp³-hybridized carbons (Fsp3) is 0.583. The number of benzene rings is 2. The zero-order valence-corrected chi connectivity index (χ0v) is 27.2. The van der Waals surface area contributed by atoms with Gasteiger partial charge in [-0.3, -0.25) is 9.59 Å². The van der Waals surface area contributed by atoms with Gasteiger partial charge in [-0.1, -0.05) is 99.5 Å². The second kappa shape index (κ2) is 16.5. The van der Waals surface area contributed by atoms with Crippen LogP contribution in [0.25, 0.3) is 0 Å². The van der Waals surface area contributed by atoms with Crippen LogP contribution >= 0.6 is 0 Å². The summed E-state index contributed by atoms with van der Waals surface area (Å²) in [5.74, 6) is -0.437. The van der Waals surface area contributed by atoms with E-state index in [4.69, 9.17) is 4.74 Å². The highest BCUT2D eigenvalue weighted by Gasteiger charge is 2.37. The van der Waals surface area contributed by atoms with Crippen molar-refractivity contribution in [1.29, 1.82) is 0 Å². The van der Waals surface area contributed by atoms with Gasteiger partial charge in [0.05, 0.1) is 0 Å². The Morgan fingerprint density at radius 3 is 2.28 bits per heavy atom. The van der Waals surface area contributed by atoms with Crippen LogP contribution in [-0.2, 0) is 20.7 Å². The average Bonchev–Trinajstić information content (AvgIpc) is 2.95. The number of hydrogen-bond donors (Lipinski definition) is 2. The number of rotatable bonds is 13. The molecule has 3 amide bonds. The number of nitrogens with zero attached hydrogens (tertiary/aromatic N) is 1. The van der Waals surface area contributed by atoms with Gasteiger partial charge in [0.25, 0.3) is 0 Å². The Balaban J connectivity index is 2.04. The predicted molar refractivity (Wildman–Crippen MR) is 173 cm³/mol. The van der Waals surface area contributed by atoms with Gasteiger partial charge in [-0.05, 0) is 70.6 Å². The number of aryl methyl sites for hydroxylation is 2. The van der Waals surface area contributed by atoms with Gasteiger partial charge in [-0.2, -0.15) is 0 Å². The molecule has 7 heteroatoms. The van der Waals surface area contributed by atoms with Gasteiger partial charge in [-0.25, -0.2) is 4.79 Å². The minimum atomic E-state index is -0.904. The van der Waals surface area contributed by atoms with Crippen LogP contribution in [-0.4, -0.2) is 47.0 Å². The van der Waals surface area contributed by atoms with Gasteiger partial charge >= 0.3 is 6.09 Å². The first-order valence-corrected chi connectivity index (χ1v) is 16.2. The third-order valence-electron chi connectivity index (χ3n) is 8.04. The first-order valence-electron chi connectivity index (χ1n) is 16.2. The maximum atomic E-state index is 14.7. The third kappa shape index (κ3) is 11.0. The molecule has 2 aromatic rings. The Kier molecular flexibility index (Phi) is 13.1. The monoisotopic (exact) mass is 591 g/mol. The molecule has 0 spiro atoms. The third-order valence-corrected chi connectivity index (χ3v) is 8.04. The van der Waals surface area contributed by atoms with Crippen LogP contribution in [0.15, 0.2) is 48.5 Å². The van der Waals surface area contributed by atoms with Gasteiger partial charge in [-0.15, -0.1) is 0 Å². The van der Waals surface area contributed by atoms with Crippen molar-refractivity contribution in [3.8, 4) is 0 Å². The summed E-state index contributed by atoms with van der Waals surface area (Å²) in [5, 5.41) is 6.18. The summed E-state index contributed by atoms with van der Waals surface area (Å²) in [5.41, 5.74) is 3.08. The molecule has 0 aromatic heterocycles. The number of hydrogen-bond acceptors (Lipinski definition) is 4. The van der Waals surface area contributed by atoms with E-state index in [0.717, 1.165) is 73.6 Å². The first kappa shape index (κ1) is 34.1. The normalized spacial score (nSPS) is 15.3. The average molecular weight is 592 g/mol. The summed E-state index contributed by atoms with van der Waals surface area (Å²) < 4.78 is 5.57. The number of amides is 3. The highest BCUT2D eigenvalue weighted by Crippen LogP contribution is 2.29. The lowest BCUT2D eigenvalue weighted by Gasteiger charge is -2.36. The highest BCUT2D eigenvalue weighted by atomic mass is 16.6. The van der Waals surface area contributed by atoms with Crippen LogP contribution in [0, 0.1) is 13.8 Å². The molecule has 1 fully saturated rings. The molecule has 3 rings (SSSR count). The van der Waals surface area contributed by atoms with E-state index < -0.39 is 23.8 Å². The lowest BCUT2D eigenvalue weighted by atomic mass is 9.93. The second-order valence-electron chi connectivity index (χ2n) is 13.1. The lowest BCUT2D eigenvalue weighted by molar-refractivity contribution is -0.143. The van der Waals surface area contributed by atoms with E-state index in [9.17, 15) is 14.4 Å². The van der Waals surface area contributed by atoms with Gasteiger partial charge in [0.15, 0.2) is 0 Å². The van der Waals surface area contributed by atoms with E-state index in [1.54, 1.807) is 25.7 Å². The van der Waals surface area contributed by atoms with Crippen LogP contribution in [0.1, 0.15) is 114 Å². The fourth-order valence-corrected chi connectivity index (χ4v) is 5.89. The molecule has 0 aliphatic heterocycles. The zero-order chi connectivity index (χ0) is 31.4. The molecule has 0 radical (unpaired) electrons. The minimum Gasteiger partial charge on any atom is -0.444 e. The zero-order valence-electron chi connectivity index (χ0n) is 27.2. The van der Waals surface area contributed by atoms with Gasteiger partial charge < -0.3 is 20.3 Å². The van der Waals surface area contributed by atoms with Crippen molar-refractivity contribution in [2.45, 2.75) is 129 Å². The Morgan fingerprint density at radius 1 is 0.953 bits per heavy atom. The van der Waals surface area contributed by atoms with E-state index in [0.29, 0.717) is 6.54 Å². The topological polar surface area (TPSA) is 87.7 Å². The Morgan fingerprint density at radius 2 is 1.65 bits per heavy atom. The summed E-state index contributed by atoms with van der Waals surface area (Å²) in [6.45, 7) is 12.0. The predicted octanol–water partition coefficient (Wildman–Crippen LogP) is 7.34. The van der Waals surface area contributed by atoms with Gasteiger partial charge in [0.1, 0.15) is 17.7 Å². The Labute approximate surface area is 259 Å². The van der Waals surface area contributed by atoms with Gasteiger partial charge in [0, 0.05) is 19.0 Å². The van der Waals surface area contributed by atoms with E-state index in [1.165, 1.54) is 6.42 Å². The Hall–Kier alpha value is -3.35. The molecule has 1 aliphatic carbocycles. The van der Waals surface area contributed by atoms with Crippen LogP contribution in [0.5, 0.6) is 0 Å². The Bertz CT molecular complexity index is 1180. The number of ether oxygens (including phenoxy) is 1. The fourth-order valence-electron chi connectivity index (χ4n) is 5.89. The molecule has 1 saturated carbocycles. The van der Waals surface area contributed by atoms with Crippen molar-refractivity contribution in [3.63, 3.8) is 0 Å².